The summed E-state index contributed by atoms with van der Waals surface area (Å²) >= 11 is 0. The molecule has 1 saturated carbocycles. The summed E-state index contributed by atoms with van der Waals surface area (Å²) in [4.78, 5) is 5.38. The van der Waals surface area contributed by atoms with Crippen LogP contribution in [0.2, 0.25) is 0 Å². The van der Waals surface area contributed by atoms with Gasteiger partial charge in [0.2, 0.25) is 0 Å². The molecule has 1 aliphatic carbocycles. The van der Waals surface area contributed by atoms with E-state index in [4.69, 9.17) is 0 Å². The second-order valence-electron chi connectivity index (χ2n) is 5.55. The Kier molecular flexibility index (Phi) is 4.83. The van der Waals surface area contributed by atoms with Gasteiger partial charge in [0.05, 0.1) is 0 Å². The van der Waals surface area contributed by atoms with Crippen LogP contribution in [0.3, 0.4) is 0 Å². The third-order valence-electron chi connectivity index (χ3n) is 4.84. The molecule has 3 unspecified atom stereocenters. The highest BCUT2D eigenvalue weighted by molar-refractivity contribution is 4.94. The van der Waals surface area contributed by atoms with Crippen molar-refractivity contribution in [2.45, 2.75) is 57.7 Å². The molecule has 17 heavy (non-hydrogen) atoms. The van der Waals surface area contributed by atoms with Gasteiger partial charge in [0, 0.05) is 31.2 Å². The van der Waals surface area contributed by atoms with E-state index in [1.54, 1.807) is 0 Å². The molecular weight excluding hydrogens is 210 g/mol. The molecule has 3 nitrogen and oxygen atoms in total. The summed E-state index contributed by atoms with van der Waals surface area (Å²) < 4.78 is 0. The first-order valence-corrected chi connectivity index (χ1v) is 7.45. The lowest BCUT2D eigenvalue weighted by atomic mass is 10.1. The largest absolute Gasteiger partial charge is 0.315 e. The highest BCUT2D eigenvalue weighted by Crippen LogP contribution is 2.28. The molecule has 3 atom stereocenters. The van der Waals surface area contributed by atoms with Crippen LogP contribution >= 0.6 is 0 Å². The fraction of sp³-hybridized carbons (Fsp3) is 1.00. The predicted octanol–water partition coefficient (Wildman–Crippen LogP) is 1.54. The molecule has 0 bridgehead atoms. The maximum atomic E-state index is 3.51. The zero-order valence-corrected chi connectivity index (χ0v) is 11.8. The summed E-state index contributed by atoms with van der Waals surface area (Å²) in [5.41, 5.74) is 0. The molecule has 1 heterocycles. The fourth-order valence-electron chi connectivity index (χ4n) is 3.82. The van der Waals surface area contributed by atoms with Gasteiger partial charge in [-0.15, -0.1) is 0 Å². The quantitative estimate of drug-likeness (QED) is 0.785. The van der Waals surface area contributed by atoms with Gasteiger partial charge in [0.25, 0.3) is 0 Å². The number of rotatable bonds is 5. The van der Waals surface area contributed by atoms with Crippen LogP contribution in [-0.4, -0.2) is 61.2 Å². The molecule has 0 spiro atoms. The van der Waals surface area contributed by atoms with Crippen molar-refractivity contribution in [1.29, 1.82) is 0 Å². The van der Waals surface area contributed by atoms with E-state index in [2.05, 4.69) is 36.0 Å². The Morgan fingerprint density at radius 2 is 1.94 bits per heavy atom. The Labute approximate surface area is 107 Å². The highest BCUT2D eigenvalue weighted by atomic mass is 15.3. The molecular formula is C14H29N3. The average molecular weight is 239 g/mol. The van der Waals surface area contributed by atoms with Crippen LogP contribution in [0, 0.1) is 0 Å². The summed E-state index contributed by atoms with van der Waals surface area (Å²) in [6.45, 7) is 9.59. The number of likely N-dealkylation sites (tertiary alicyclic amines) is 1. The first kappa shape index (κ1) is 13.3. The maximum absolute atomic E-state index is 3.51. The zero-order chi connectivity index (χ0) is 12.3. The second-order valence-corrected chi connectivity index (χ2v) is 5.55. The lowest BCUT2D eigenvalue weighted by molar-refractivity contribution is 0.175. The summed E-state index contributed by atoms with van der Waals surface area (Å²) in [7, 11) is 2.13. The molecule has 0 amide bonds. The highest BCUT2D eigenvalue weighted by Gasteiger charge is 2.36. The second kappa shape index (κ2) is 6.17. The van der Waals surface area contributed by atoms with Crippen LogP contribution < -0.4 is 5.32 Å². The van der Waals surface area contributed by atoms with Crippen LogP contribution in [0.15, 0.2) is 0 Å². The predicted molar refractivity (Wildman–Crippen MR) is 73.4 cm³/mol. The van der Waals surface area contributed by atoms with Crippen LogP contribution in [-0.2, 0) is 0 Å². The number of hydrogen-bond acceptors (Lipinski definition) is 3. The Hall–Kier alpha value is -0.120. The van der Waals surface area contributed by atoms with Crippen LogP contribution in [0.5, 0.6) is 0 Å². The molecule has 0 aromatic rings. The van der Waals surface area contributed by atoms with Gasteiger partial charge in [-0.2, -0.15) is 0 Å². The molecule has 3 heteroatoms. The Morgan fingerprint density at radius 3 is 2.59 bits per heavy atom. The van der Waals surface area contributed by atoms with Gasteiger partial charge in [-0.05, 0) is 39.4 Å². The van der Waals surface area contributed by atoms with Gasteiger partial charge in [0.15, 0.2) is 0 Å². The lowest BCUT2D eigenvalue weighted by Crippen LogP contribution is -2.46. The number of nitrogens with zero attached hydrogens (tertiary/aromatic N) is 2. The van der Waals surface area contributed by atoms with Crippen LogP contribution in [0.4, 0.5) is 0 Å². The summed E-state index contributed by atoms with van der Waals surface area (Å²) in [5.74, 6) is 0. The molecule has 1 aliphatic heterocycles. The Balaban J connectivity index is 1.88. The van der Waals surface area contributed by atoms with E-state index >= 15 is 0 Å². The summed E-state index contributed by atoms with van der Waals surface area (Å²) in [5, 5.41) is 3.51. The number of nitrogens with one attached hydrogen (secondary N) is 1. The molecule has 1 N–H and O–H groups in total. The minimum absolute atomic E-state index is 0.741. The monoisotopic (exact) mass is 239 g/mol. The molecule has 0 aromatic carbocycles. The van der Waals surface area contributed by atoms with Crippen LogP contribution in [0.1, 0.15) is 39.5 Å². The zero-order valence-electron chi connectivity index (χ0n) is 11.8. The normalized spacial score (nSPS) is 34.9. The molecule has 2 aliphatic rings. The molecule has 0 aromatic heterocycles. The van der Waals surface area contributed by atoms with Crippen molar-refractivity contribution in [2.75, 3.05) is 33.2 Å². The first-order chi connectivity index (χ1) is 8.30. The van der Waals surface area contributed by atoms with E-state index in [0.29, 0.717) is 0 Å². The SMILES string of the molecule is CCN(CC)C1CCN(C2CCCC2NC)C1. The third-order valence-corrected chi connectivity index (χ3v) is 4.84. The van der Waals surface area contributed by atoms with Crippen molar-refractivity contribution < 1.29 is 0 Å². The van der Waals surface area contributed by atoms with Crippen molar-refractivity contribution in [3.63, 3.8) is 0 Å². The first-order valence-electron chi connectivity index (χ1n) is 7.45. The van der Waals surface area contributed by atoms with Gasteiger partial charge >= 0.3 is 0 Å². The molecule has 0 radical (unpaired) electrons. The molecule has 1 saturated heterocycles. The average Bonchev–Trinajstić information content (AvgIpc) is 2.98. The van der Waals surface area contributed by atoms with Crippen molar-refractivity contribution >= 4 is 0 Å². The van der Waals surface area contributed by atoms with Gasteiger partial charge < -0.3 is 5.32 Å². The molecule has 100 valence electrons. The fourth-order valence-corrected chi connectivity index (χ4v) is 3.82. The van der Waals surface area contributed by atoms with Gasteiger partial charge in [-0.1, -0.05) is 20.3 Å². The van der Waals surface area contributed by atoms with Gasteiger partial charge in [-0.3, -0.25) is 9.80 Å². The Bertz CT molecular complexity index is 228. The molecule has 2 fully saturated rings. The van der Waals surface area contributed by atoms with E-state index in [1.165, 1.54) is 51.9 Å². The lowest BCUT2D eigenvalue weighted by Gasteiger charge is -2.31. The molecule has 2 rings (SSSR count). The van der Waals surface area contributed by atoms with E-state index < -0.39 is 0 Å². The van der Waals surface area contributed by atoms with Crippen molar-refractivity contribution in [3.05, 3.63) is 0 Å². The summed E-state index contributed by atoms with van der Waals surface area (Å²) in [6, 6.07) is 2.36. The van der Waals surface area contributed by atoms with E-state index in [1.807, 2.05) is 0 Å². The summed E-state index contributed by atoms with van der Waals surface area (Å²) in [6.07, 6.45) is 5.54. The standard InChI is InChI=1S/C14H29N3/c1-4-16(5-2)12-9-10-17(11-12)14-8-6-7-13(14)15-3/h12-15H,4-11H2,1-3H3. The topological polar surface area (TPSA) is 18.5 Å². The van der Waals surface area contributed by atoms with E-state index in [9.17, 15) is 0 Å². The Morgan fingerprint density at radius 1 is 1.18 bits per heavy atom. The van der Waals surface area contributed by atoms with Crippen molar-refractivity contribution in [3.8, 4) is 0 Å². The maximum Gasteiger partial charge on any atom is 0.0249 e. The van der Waals surface area contributed by atoms with Crippen molar-refractivity contribution in [2.24, 2.45) is 0 Å². The van der Waals surface area contributed by atoms with E-state index in [-0.39, 0.29) is 0 Å². The van der Waals surface area contributed by atoms with Gasteiger partial charge in [-0.25, -0.2) is 0 Å². The third kappa shape index (κ3) is 2.83. The smallest absolute Gasteiger partial charge is 0.0249 e. The minimum Gasteiger partial charge on any atom is -0.315 e. The van der Waals surface area contributed by atoms with Crippen molar-refractivity contribution in [1.82, 2.24) is 15.1 Å². The van der Waals surface area contributed by atoms with E-state index in [0.717, 1.165) is 18.1 Å². The number of hydrogen-bond donors (Lipinski definition) is 1. The van der Waals surface area contributed by atoms with Gasteiger partial charge in [0.1, 0.15) is 0 Å². The van der Waals surface area contributed by atoms with Crippen LogP contribution in [0.25, 0.3) is 0 Å². The number of likely N-dealkylation sites (N-methyl/N-ethyl adjacent to an activating group) is 2. The minimum atomic E-state index is 0.741.